The molecule has 2 aromatic rings. The van der Waals surface area contributed by atoms with Crippen LogP contribution in [0.15, 0.2) is 60.3 Å². The number of hydrogen-bond donors (Lipinski definition) is 2. The Hall–Kier alpha value is -2.99. The number of anilines is 2. The van der Waals surface area contributed by atoms with Gasteiger partial charge in [-0.25, -0.2) is 0 Å². The van der Waals surface area contributed by atoms with Crippen LogP contribution in [-0.2, 0) is 9.59 Å². The molecule has 2 N–H and O–H groups in total. The van der Waals surface area contributed by atoms with Crippen molar-refractivity contribution in [2.45, 2.75) is 6.92 Å². The fraction of sp³-hybridized carbons (Fsp3) is 0.0556. The highest BCUT2D eigenvalue weighted by atomic mass is 32.1. The van der Waals surface area contributed by atoms with Gasteiger partial charge in [-0.2, -0.15) is 0 Å². The van der Waals surface area contributed by atoms with E-state index in [2.05, 4.69) is 10.6 Å². The van der Waals surface area contributed by atoms with Crippen LogP contribution in [-0.4, -0.2) is 16.9 Å². The molecule has 1 aliphatic heterocycles. The summed E-state index contributed by atoms with van der Waals surface area (Å²) in [6.07, 6.45) is 1.73. The molecule has 0 spiro atoms. The van der Waals surface area contributed by atoms with Crippen LogP contribution in [0.3, 0.4) is 0 Å². The fourth-order valence-corrected chi connectivity index (χ4v) is 2.68. The molecule has 1 saturated heterocycles. The summed E-state index contributed by atoms with van der Waals surface area (Å²) < 4.78 is 0. The number of carbonyl (C=O) groups is 2. The molecular formula is C18H15N3O2S. The molecule has 120 valence electrons. The average molecular weight is 337 g/mol. The highest BCUT2D eigenvalue weighted by molar-refractivity contribution is 7.80. The first-order valence-corrected chi connectivity index (χ1v) is 7.75. The van der Waals surface area contributed by atoms with Crippen molar-refractivity contribution < 1.29 is 9.59 Å². The van der Waals surface area contributed by atoms with Crippen LogP contribution in [0, 0.1) is 0 Å². The number of amides is 2. The van der Waals surface area contributed by atoms with Gasteiger partial charge in [-0.1, -0.05) is 30.3 Å². The van der Waals surface area contributed by atoms with Gasteiger partial charge in [0, 0.05) is 12.6 Å². The van der Waals surface area contributed by atoms with Gasteiger partial charge in [-0.15, -0.1) is 0 Å². The normalized spacial score (nSPS) is 15.5. The largest absolute Gasteiger partial charge is 0.327 e. The Morgan fingerprint density at radius 1 is 1.12 bits per heavy atom. The van der Waals surface area contributed by atoms with Crippen molar-refractivity contribution in [2.24, 2.45) is 0 Å². The first kappa shape index (κ1) is 15.9. The Morgan fingerprint density at radius 2 is 1.79 bits per heavy atom. The average Bonchev–Trinajstić information content (AvgIpc) is 2.83. The van der Waals surface area contributed by atoms with Crippen molar-refractivity contribution in [1.82, 2.24) is 5.32 Å². The van der Waals surface area contributed by atoms with E-state index >= 15 is 0 Å². The van der Waals surface area contributed by atoms with E-state index in [-0.39, 0.29) is 11.8 Å². The molecule has 1 aliphatic rings. The third kappa shape index (κ3) is 3.33. The molecule has 0 aromatic heterocycles. The van der Waals surface area contributed by atoms with Crippen LogP contribution in [0.4, 0.5) is 11.4 Å². The Morgan fingerprint density at radius 3 is 2.42 bits per heavy atom. The molecule has 1 heterocycles. The number of carbonyl (C=O) groups excluding carboxylic acids is 2. The van der Waals surface area contributed by atoms with Crippen molar-refractivity contribution in [1.29, 1.82) is 0 Å². The highest BCUT2D eigenvalue weighted by Gasteiger charge is 2.31. The lowest BCUT2D eigenvalue weighted by Crippen LogP contribution is -2.30. The van der Waals surface area contributed by atoms with Gasteiger partial charge in [0.15, 0.2) is 5.11 Å². The van der Waals surface area contributed by atoms with Crippen LogP contribution in [0.1, 0.15) is 12.5 Å². The predicted molar refractivity (Wildman–Crippen MR) is 98.4 cm³/mol. The van der Waals surface area contributed by atoms with Crippen LogP contribution in [0.25, 0.3) is 6.08 Å². The molecule has 2 aromatic carbocycles. The number of thiocarbonyl (C=S) groups is 1. The lowest BCUT2D eigenvalue weighted by atomic mass is 10.1. The number of hydrogen-bond acceptors (Lipinski definition) is 3. The minimum absolute atomic E-state index is 0.127. The van der Waals surface area contributed by atoms with E-state index in [4.69, 9.17) is 12.2 Å². The first-order chi connectivity index (χ1) is 11.5. The van der Waals surface area contributed by atoms with Crippen LogP contribution in [0.5, 0.6) is 0 Å². The molecule has 0 saturated carbocycles. The zero-order valence-electron chi connectivity index (χ0n) is 12.9. The summed E-state index contributed by atoms with van der Waals surface area (Å²) in [5.74, 6) is -0.324. The zero-order valence-corrected chi connectivity index (χ0v) is 13.8. The molecule has 0 radical (unpaired) electrons. The topological polar surface area (TPSA) is 61.4 Å². The fourth-order valence-electron chi connectivity index (χ4n) is 2.38. The molecule has 2 amide bonds. The quantitative estimate of drug-likeness (QED) is 0.668. The van der Waals surface area contributed by atoms with Gasteiger partial charge in [0.1, 0.15) is 5.70 Å². The van der Waals surface area contributed by atoms with Crippen LogP contribution >= 0.6 is 12.2 Å². The highest BCUT2D eigenvalue weighted by Crippen LogP contribution is 2.22. The van der Waals surface area contributed by atoms with E-state index in [1.54, 1.807) is 18.2 Å². The summed E-state index contributed by atoms with van der Waals surface area (Å²) in [6, 6.07) is 16.5. The smallest absolute Gasteiger partial charge is 0.281 e. The van der Waals surface area contributed by atoms with Crippen LogP contribution in [0.2, 0.25) is 0 Å². The number of benzene rings is 2. The van der Waals surface area contributed by atoms with Gasteiger partial charge in [-0.05, 0) is 48.1 Å². The molecule has 0 atom stereocenters. The van der Waals surface area contributed by atoms with E-state index in [1.807, 2.05) is 42.5 Å². The summed E-state index contributed by atoms with van der Waals surface area (Å²) in [6.45, 7) is 1.45. The zero-order chi connectivity index (χ0) is 17.1. The summed E-state index contributed by atoms with van der Waals surface area (Å²) in [5.41, 5.74) is 2.68. The third-order valence-corrected chi connectivity index (χ3v) is 3.72. The van der Waals surface area contributed by atoms with Crippen LogP contribution < -0.4 is 15.5 Å². The second-order valence-electron chi connectivity index (χ2n) is 5.27. The maximum absolute atomic E-state index is 12.6. The molecule has 0 bridgehead atoms. The molecule has 0 unspecified atom stereocenters. The first-order valence-electron chi connectivity index (χ1n) is 7.34. The molecule has 6 heteroatoms. The van der Waals surface area contributed by atoms with Gasteiger partial charge < -0.3 is 10.6 Å². The van der Waals surface area contributed by atoms with Crippen molar-refractivity contribution >= 4 is 46.6 Å². The second kappa shape index (κ2) is 6.64. The van der Waals surface area contributed by atoms with E-state index in [0.717, 1.165) is 11.3 Å². The van der Waals surface area contributed by atoms with E-state index < -0.39 is 0 Å². The number of rotatable bonds is 3. The summed E-state index contributed by atoms with van der Waals surface area (Å²) in [5, 5.41) is 6.00. The molecule has 3 rings (SSSR count). The minimum atomic E-state index is -0.197. The van der Waals surface area contributed by atoms with Gasteiger partial charge >= 0.3 is 0 Å². The number of nitrogens with zero attached hydrogens (tertiary/aromatic N) is 1. The molecule has 24 heavy (non-hydrogen) atoms. The van der Waals surface area contributed by atoms with Crippen molar-refractivity contribution in [3.05, 3.63) is 65.9 Å². The van der Waals surface area contributed by atoms with E-state index in [1.165, 1.54) is 11.8 Å². The molecule has 0 aliphatic carbocycles. The summed E-state index contributed by atoms with van der Waals surface area (Å²) >= 11 is 5.27. The van der Waals surface area contributed by atoms with Crippen molar-refractivity contribution in [2.75, 3.05) is 10.2 Å². The second-order valence-corrected chi connectivity index (χ2v) is 5.65. The lowest BCUT2D eigenvalue weighted by Gasteiger charge is -2.13. The maximum Gasteiger partial charge on any atom is 0.281 e. The van der Waals surface area contributed by atoms with Gasteiger partial charge in [0.05, 0.1) is 5.69 Å². The predicted octanol–water partition coefficient (Wildman–Crippen LogP) is 2.91. The Kier molecular flexibility index (Phi) is 4.39. The standard InChI is InChI=1S/C18H15N3O2S/c1-12(22)19-14-9-7-13(8-10-14)11-16-17(23)21(18(24)20-16)15-5-3-2-4-6-15/h2-11H,1H3,(H,19,22)(H,20,24)/b16-11-. The SMILES string of the molecule is CC(=O)Nc1ccc(/C=C2\NC(=S)N(c3ccccc3)C2=O)cc1. The van der Waals surface area contributed by atoms with Gasteiger partial charge in [-0.3, -0.25) is 14.5 Å². The van der Waals surface area contributed by atoms with E-state index in [0.29, 0.717) is 16.5 Å². The molecule has 1 fully saturated rings. The molecule has 5 nitrogen and oxygen atoms in total. The Labute approximate surface area is 145 Å². The van der Waals surface area contributed by atoms with Crippen molar-refractivity contribution in [3.8, 4) is 0 Å². The maximum atomic E-state index is 12.6. The van der Waals surface area contributed by atoms with Gasteiger partial charge in [0.2, 0.25) is 5.91 Å². The number of para-hydroxylation sites is 1. The minimum Gasteiger partial charge on any atom is -0.327 e. The van der Waals surface area contributed by atoms with Crippen molar-refractivity contribution in [3.63, 3.8) is 0 Å². The monoisotopic (exact) mass is 337 g/mol. The summed E-state index contributed by atoms with van der Waals surface area (Å²) in [4.78, 5) is 25.1. The third-order valence-electron chi connectivity index (χ3n) is 3.43. The van der Waals surface area contributed by atoms with E-state index in [9.17, 15) is 9.59 Å². The summed E-state index contributed by atoms with van der Waals surface area (Å²) in [7, 11) is 0. The molecular weight excluding hydrogens is 322 g/mol. The lowest BCUT2D eigenvalue weighted by molar-refractivity contribution is -0.114. The number of nitrogens with one attached hydrogen (secondary N) is 2. The Bertz CT molecular complexity index is 829. The van der Waals surface area contributed by atoms with Gasteiger partial charge in [0.25, 0.3) is 5.91 Å². The Balaban J connectivity index is 1.82.